The molecule has 2 aromatic rings. The van der Waals surface area contributed by atoms with Crippen molar-refractivity contribution < 1.29 is 18.7 Å². The van der Waals surface area contributed by atoms with Gasteiger partial charge in [0.1, 0.15) is 11.6 Å². The topological polar surface area (TPSA) is 52.6 Å². The molecule has 1 amide bonds. The number of amides is 1. The van der Waals surface area contributed by atoms with E-state index in [0.29, 0.717) is 19.2 Å². The number of rotatable bonds is 7. The second-order valence-electron chi connectivity index (χ2n) is 5.09. The summed E-state index contributed by atoms with van der Waals surface area (Å²) in [5.74, 6) is -1.96. The molecule has 4 nitrogen and oxygen atoms in total. The molecule has 0 radical (unpaired) electrons. The standard InChI is InChI=1S/C17H18F2N2O2/c18-14-6-7-16(15(19)10-14)20-17(23)12-21(8-9-22)11-13-4-2-1-3-5-13/h1-7,10,22H,8-9,11-12H2,(H,20,23). The van der Waals surface area contributed by atoms with E-state index in [1.54, 1.807) is 4.90 Å². The smallest absolute Gasteiger partial charge is 0.238 e. The van der Waals surface area contributed by atoms with E-state index in [1.165, 1.54) is 6.07 Å². The largest absolute Gasteiger partial charge is 0.395 e. The van der Waals surface area contributed by atoms with Crippen molar-refractivity contribution in [2.45, 2.75) is 6.54 Å². The zero-order chi connectivity index (χ0) is 16.7. The van der Waals surface area contributed by atoms with Crippen LogP contribution in [0.4, 0.5) is 14.5 Å². The van der Waals surface area contributed by atoms with Crippen molar-refractivity contribution >= 4 is 11.6 Å². The summed E-state index contributed by atoms with van der Waals surface area (Å²) in [5.41, 5.74) is 0.932. The van der Waals surface area contributed by atoms with Gasteiger partial charge in [-0.05, 0) is 17.7 Å². The van der Waals surface area contributed by atoms with Gasteiger partial charge in [0, 0.05) is 19.2 Å². The number of hydrogen-bond donors (Lipinski definition) is 2. The Morgan fingerprint density at radius 3 is 2.52 bits per heavy atom. The lowest BCUT2D eigenvalue weighted by Gasteiger charge is -2.21. The minimum atomic E-state index is -0.824. The molecule has 0 heterocycles. The second kappa shape index (κ2) is 8.36. The van der Waals surface area contributed by atoms with Crippen LogP contribution in [0.25, 0.3) is 0 Å². The quantitative estimate of drug-likeness (QED) is 0.824. The van der Waals surface area contributed by atoms with Crippen LogP contribution in [-0.4, -0.2) is 35.6 Å². The summed E-state index contributed by atoms with van der Waals surface area (Å²) in [6.45, 7) is 0.701. The van der Waals surface area contributed by atoms with E-state index in [4.69, 9.17) is 5.11 Å². The summed E-state index contributed by atoms with van der Waals surface area (Å²) < 4.78 is 26.4. The number of benzene rings is 2. The van der Waals surface area contributed by atoms with E-state index in [9.17, 15) is 13.6 Å². The minimum Gasteiger partial charge on any atom is -0.395 e. The molecular formula is C17H18F2N2O2. The predicted molar refractivity (Wildman–Crippen MR) is 83.8 cm³/mol. The average molecular weight is 320 g/mol. The van der Waals surface area contributed by atoms with Gasteiger partial charge in [-0.25, -0.2) is 8.78 Å². The number of nitrogens with zero attached hydrogens (tertiary/aromatic N) is 1. The van der Waals surface area contributed by atoms with Gasteiger partial charge in [0.25, 0.3) is 0 Å². The Balaban J connectivity index is 1.97. The molecule has 0 unspecified atom stereocenters. The first-order chi connectivity index (χ1) is 11.1. The third-order valence-electron chi connectivity index (χ3n) is 3.24. The fourth-order valence-electron chi connectivity index (χ4n) is 2.18. The molecule has 0 spiro atoms. The number of carbonyl (C=O) groups excluding carboxylic acids is 1. The van der Waals surface area contributed by atoms with E-state index in [-0.39, 0.29) is 18.8 Å². The Labute approximate surface area is 133 Å². The van der Waals surface area contributed by atoms with Crippen LogP contribution in [0.1, 0.15) is 5.56 Å². The number of carbonyl (C=O) groups is 1. The highest BCUT2D eigenvalue weighted by Gasteiger charge is 2.13. The molecule has 0 aromatic heterocycles. The van der Waals surface area contributed by atoms with Crippen LogP contribution in [0.15, 0.2) is 48.5 Å². The summed E-state index contributed by atoms with van der Waals surface area (Å²) in [5, 5.41) is 11.5. The number of aliphatic hydroxyl groups is 1. The van der Waals surface area contributed by atoms with Gasteiger partial charge < -0.3 is 10.4 Å². The molecule has 2 rings (SSSR count). The Morgan fingerprint density at radius 2 is 1.87 bits per heavy atom. The second-order valence-corrected chi connectivity index (χ2v) is 5.09. The first-order valence-corrected chi connectivity index (χ1v) is 7.20. The van der Waals surface area contributed by atoms with Crippen molar-refractivity contribution in [1.29, 1.82) is 0 Å². The van der Waals surface area contributed by atoms with Crippen LogP contribution in [0.5, 0.6) is 0 Å². The molecule has 0 atom stereocenters. The number of anilines is 1. The lowest BCUT2D eigenvalue weighted by Crippen LogP contribution is -2.35. The fraction of sp³-hybridized carbons (Fsp3) is 0.235. The van der Waals surface area contributed by atoms with E-state index in [2.05, 4.69) is 5.32 Å². The highest BCUT2D eigenvalue weighted by atomic mass is 19.1. The molecule has 0 bridgehead atoms. The highest BCUT2D eigenvalue weighted by molar-refractivity contribution is 5.92. The van der Waals surface area contributed by atoms with Crippen LogP contribution < -0.4 is 5.32 Å². The average Bonchev–Trinajstić information content (AvgIpc) is 2.51. The minimum absolute atomic E-state index is 0.00767. The van der Waals surface area contributed by atoms with Crippen molar-refractivity contribution in [2.75, 3.05) is 25.0 Å². The van der Waals surface area contributed by atoms with E-state index in [0.717, 1.165) is 11.6 Å². The van der Waals surface area contributed by atoms with Gasteiger partial charge in [-0.3, -0.25) is 9.69 Å². The van der Waals surface area contributed by atoms with Gasteiger partial charge in [0.2, 0.25) is 5.91 Å². The summed E-state index contributed by atoms with van der Waals surface area (Å²) in [7, 11) is 0. The predicted octanol–water partition coefficient (Wildman–Crippen LogP) is 2.40. The van der Waals surface area contributed by atoms with Crippen LogP contribution in [0.2, 0.25) is 0 Å². The summed E-state index contributed by atoms with van der Waals surface area (Å²) in [6, 6.07) is 12.5. The number of nitrogens with one attached hydrogen (secondary N) is 1. The van der Waals surface area contributed by atoms with Gasteiger partial charge >= 0.3 is 0 Å². The molecule has 122 valence electrons. The monoisotopic (exact) mass is 320 g/mol. The maximum Gasteiger partial charge on any atom is 0.238 e. The molecule has 0 saturated heterocycles. The van der Waals surface area contributed by atoms with Gasteiger partial charge in [-0.15, -0.1) is 0 Å². The van der Waals surface area contributed by atoms with Crippen molar-refractivity contribution in [3.8, 4) is 0 Å². The number of aliphatic hydroxyl groups excluding tert-OH is 1. The van der Waals surface area contributed by atoms with E-state index in [1.807, 2.05) is 30.3 Å². The molecule has 0 aliphatic rings. The van der Waals surface area contributed by atoms with Gasteiger partial charge in [0.15, 0.2) is 0 Å². The first-order valence-electron chi connectivity index (χ1n) is 7.20. The summed E-state index contributed by atoms with van der Waals surface area (Å²) >= 11 is 0. The Hall–Kier alpha value is -2.31. The lowest BCUT2D eigenvalue weighted by atomic mass is 10.2. The number of halogens is 2. The Morgan fingerprint density at radius 1 is 1.13 bits per heavy atom. The Kier molecular flexibility index (Phi) is 6.19. The fourth-order valence-corrected chi connectivity index (χ4v) is 2.18. The molecule has 6 heteroatoms. The summed E-state index contributed by atoms with van der Waals surface area (Å²) in [6.07, 6.45) is 0. The van der Waals surface area contributed by atoms with Gasteiger partial charge in [-0.2, -0.15) is 0 Å². The molecule has 23 heavy (non-hydrogen) atoms. The van der Waals surface area contributed by atoms with Crippen molar-refractivity contribution in [3.63, 3.8) is 0 Å². The van der Waals surface area contributed by atoms with Crippen LogP contribution in [-0.2, 0) is 11.3 Å². The maximum atomic E-state index is 13.5. The third-order valence-corrected chi connectivity index (χ3v) is 3.24. The van der Waals surface area contributed by atoms with Crippen LogP contribution >= 0.6 is 0 Å². The van der Waals surface area contributed by atoms with Crippen molar-refractivity contribution in [1.82, 2.24) is 4.90 Å². The number of hydrogen-bond acceptors (Lipinski definition) is 3. The van der Waals surface area contributed by atoms with E-state index < -0.39 is 17.5 Å². The molecule has 0 fully saturated rings. The molecule has 2 N–H and O–H groups in total. The van der Waals surface area contributed by atoms with Crippen molar-refractivity contribution in [3.05, 3.63) is 65.7 Å². The summed E-state index contributed by atoms with van der Waals surface area (Å²) in [4.78, 5) is 13.8. The molecule has 2 aromatic carbocycles. The van der Waals surface area contributed by atoms with Crippen LogP contribution in [0.3, 0.4) is 0 Å². The third kappa shape index (κ3) is 5.43. The first kappa shape index (κ1) is 17.1. The molecule has 0 aliphatic heterocycles. The molecule has 0 saturated carbocycles. The SMILES string of the molecule is O=C(CN(CCO)Cc1ccccc1)Nc1ccc(F)cc1F. The molecular weight excluding hydrogens is 302 g/mol. The van der Waals surface area contributed by atoms with E-state index >= 15 is 0 Å². The maximum absolute atomic E-state index is 13.5. The zero-order valence-corrected chi connectivity index (χ0v) is 12.5. The normalized spacial score (nSPS) is 10.8. The van der Waals surface area contributed by atoms with Crippen molar-refractivity contribution in [2.24, 2.45) is 0 Å². The molecule has 0 aliphatic carbocycles. The van der Waals surface area contributed by atoms with Crippen LogP contribution in [0, 0.1) is 11.6 Å². The zero-order valence-electron chi connectivity index (χ0n) is 12.5. The highest BCUT2D eigenvalue weighted by Crippen LogP contribution is 2.15. The lowest BCUT2D eigenvalue weighted by molar-refractivity contribution is -0.117. The Bertz CT molecular complexity index is 650. The van der Waals surface area contributed by atoms with Gasteiger partial charge in [-0.1, -0.05) is 30.3 Å². The van der Waals surface area contributed by atoms with Gasteiger partial charge in [0.05, 0.1) is 18.8 Å².